The summed E-state index contributed by atoms with van der Waals surface area (Å²) in [4.78, 5) is 26.7. The Balaban J connectivity index is 1.35. The second-order valence-electron chi connectivity index (χ2n) is 7.16. The van der Waals surface area contributed by atoms with Gasteiger partial charge in [0.25, 0.3) is 0 Å². The van der Waals surface area contributed by atoms with E-state index >= 15 is 0 Å². The van der Waals surface area contributed by atoms with Crippen LogP contribution in [0.4, 0.5) is 0 Å². The van der Waals surface area contributed by atoms with Gasteiger partial charge in [-0.15, -0.1) is 0 Å². The molecule has 5 nitrogen and oxygen atoms in total. The predicted octanol–water partition coefficient (Wildman–Crippen LogP) is 2.73. The summed E-state index contributed by atoms with van der Waals surface area (Å²) in [5, 5.41) is 6.26. The number of hydrogen-bond donors (Lipinski definition) is 2. The lowest BCUT2D eigenvalue weighted by Crippen LogP contribution is -2.44. The Morgan fingerprint density at radius 2 is 1.57 bits per heavy atom. The Morgan fingerprint density at radius 1 is 0.893 bits per heavy atom. The van der Waals surface area contributed by atoms with Gasteiger partial charge in [0.15, 0.2) is 5.78 Å². The molecule has 2 aromatic carbocycles. The van der Waals surface area contributed by atoms with Gasteiger partial charge >= 0.3 is 0 Å². The second kappa shape index (κ2) is 10.7. The first-order valence-corrected chi connectivity index (χ1v) is 10.1. The van der Waals surface area contributed by atoms with Gasteiger partial charge < -0.3 is 15.5 Å². The first-order valence-electron chi connectivity index (χ1n) is 10.1. The molecule has 0 aliphatic carbocycles. The van der Waals surface area contributed by atoms with E-state index < -0.39 is 0 Å². The van der Waals surface area contributed by atoms with Crippen LogP contribution >= 0.6 is 0 Å². The molecule has 0 unspecified atom stereocenters. The molecule has 1 fully saturated rings. The Kier molecular flexibility index (Phi) is 7.76. The van der Waals surface area contributed by atoms with Gasteiger partial charge in [0, 0.05) is 51.1 Å². The van der Waals surface area contributed by atoms with Crippen molar-refractivity contribution < 1.29 is 9.59 Å². The number of ketones is 1. The lowest BCUT2D eigenvalue weighted by molar-refractivity contribution is -0.121. The van der Waals surface area contributed by atoms with Gasteiger partial charge in [-0.3, -0.25) is 9.59 Å². The summed E-state index contributed by atoms with van der Waals surface area (Å²) >= 11 is 0. The third-order valence-corrected chi connectivity index (χ3v) is 5.08. The van der Waals surface area contributed by atoms with Crippen molar-refractivity contribution in [2.75, 3.05) is 39.3 Å². The van der Waals surface area contributed by atoms with E-state index in [1.54, 1.807) is 0 Å². The van der Waals surface area contributed by atoms with Crippen LogP contribution in [-0.4, -0.2) is 55.9 Å². The van der Waals surface area contributed by atoms with E-state index in [0.717, 1.165) is 50.3 Å². The molecular weight excluding hydrogens is 350 g/mol. The number of hydrogen-bond acceptors (Lipinski definition) is 4. The van der Waals surface area contributed by atoms with Gasteiger partial charge in [-0.1, -0.05) is 54.6 Å². The van der Waals surface area contributed by atoms with Gasteiger partial charge in [-0.05, 0) is 24.1 Å². The van der Waals surface area contributed by atoms with Crippen LogP contribution in [0.2, 0.25) is 0 Å². The monoisotopic (exact) mass is 379 g/mol. The highest BCUT2D eigenvalue weighted by Gasteiger charge is 2.11. The molecule has 0 bridgehead atoms. The largest absolute Gasteiger partial charge is 0.356 e. The van der Waals surface area contributed by atoms with E-state index in [0.29, 0.717) is 12.1 Å². The molecule has 0 spiro atoms. The van der Waals surface area contributed by atoms with E-state index in [4.69, 9.17) is 0 Å². The number of rotatable bonds is 9. The average Bonchev–Trinajstić information content (AvgIpc) is 2.76. The van der Waals surface area contributed by atoms with Crippen LogP contribution in [0.3, 0.4) is 0 Å². The van der Waals surface area contributed by atoms with Gasteiger partial charge in [0.05, 0.1) is 0 Å². The maximum absolute atomic E-state index is 12.3. The standard InChI is InChI=1S/C23H29N3O2/c27-22(21-9-7-20(8-10-21)19-5-2-1-3-6-19)11-12-23(28)25-13-4-16-26-17-14-24-15-18-26/h1-3,5-10,24H,4,11-18H2,(H,25,28). The smallest absolute Gasteiger partial charge is 0.220 e. The van der Waals surface area contributed by atoms with Crippen LogP contribution in [0.5, 0.6) is 0 Å². The minimum atomic E-state index is -0.0467. The number of nitrogens with one attached hydrogen (secondary N) is 2. The normalized spacial score (nSPS) is 14.6. The summed E-state index contributed by atoms with van der Waals surface area (Å²) in [6.45, 7) is 5.91. The summed E-state index contributed by atoms with van der Waals surface area (Å²) in [5.74, 6) is -0.0369. The minimum Gasteiger partial charge on any atom is -0.356 e. The molecule has 3 rings (SSSR count). The number of nitrogens with zero attached hydrogens (tertiary/aromatic N) is 1. The van der Waals surface area contributed by atoms with Gasteiger partial charge in [-0.2, -0.15) is 0 Å². The summed E-state index contributed by atoms with van der Waals surface area (Å²) in [6.07, 6.45) is 1.43. The van der Waals surface area contributed by atoms with Crippen LogP contribution in [0.15, 0.2) is 54.6 Å². The molecular formula is C23H29N3O2. The fraction of sp³-hybridized carbons (Fsp3) is 0.391. The maximum Gasteiger partial charge on any atom is 0.220 e. The lowest BCUT2D eigenvalue weighted by Gasteiger charge is -2.27. The highest BCUT2D eigenvalue weighted by molar-refractivity contribution is 5.98. The number of carbonyl (C=O) groups is 2. The predicted molar refractivity (Wildman–Crippen MR) is 112 cm³/mol. The van der Waals surface area contributed by atoms with E-state index in [-0.39, 0.29) is 24.5 Å². The molecule has 1 heterocycles. The number of carbonyl (C=O) groups excluding carboxylic acids is 2. The van der Waals surface area contributed by atoms with Gasteiger partial charge in [0.1, 0.15) is 0 Å². The van der Waals surface area contributed by atoms with E-state index in [1.807, 2.05) is 54.6 Å². The van der Waals surface area contributed by atoms with E-state index in [1.165, 1.54) is 0 Å². The molecule has 0 radical (unpaired) electrons. The molecule has 0 saturated carbocycles. The summed E-state index contributed by atoms with van der Waals surface area (Å²) in [7, 11) is 0. The Labute approximate surface area is 167 Å². The minimum absolute atomic E-state index is 0.00979. The van der Waals surface area contributed by atoms with Gasteiger partial charge in [-0.25, -0.2) is 0 Å². The molecule has 0 atom stereocenters. The molecule has 2 aromatic rings. The quantitative estimate of drug-likeness (QED) is 0.520. The van der Waals surface area contributed by atoms with Crippen molar-refractivity contribution in [2.45, 2.75) is 19.3 Å². The molecule has 0 aromatic heterocycles. The first kappa shape index (κ1) is 20.2. The molecule has 28 heavy (non-hydrogen) atoms. The van der Waals surface area contributed by atoms with Crippen molar-refractivity contribution in [3.8, 4) is 11.1 Å². The lowest BCUT2D eigenvalue weighted by atomic mass is 10.0. The van der Waals surface area contributed by atoms with Crippen molar-refractivity contribution in [1.29, 1.82) is 0 Å². The maximum atomic E-state index is 12.3. The molecule has 1 saturated heterocycles. The third-order valence-electron chi connectivity index (χ3n) is 5.08. The van der Waals surface area contributed by atoms with Crippen molar-refractivity contribution in [3.05, 3.63) is 60.2 Å². The van der Waals surface area contributed by atoms with Crippen LogP contribution < -0.4 is 10.6 Å². The fourth-order valence-corrected chi connectivity index (χ4v) is 3.40. The summed E-state index contributed by atoms with van der Waals surface area (Å²) < 4.78 is 0. The van der Waals surface area contributed by atoms with Crippen molar-refractivity contribution >= 4 is 11.7 Å². The highest BCUT2D eigenvalue weighted by atomic mass is 16.2. The molecule has 5 heteroatoms. The van der Waals surface area contributed by atoms with E-state index in [9.17, 15) is 9.59 Å². The Morgan fingerprint density at radius 3 is 2.29 bits per heavy atom. The SMILES string of the molecule is O=C(CCC(=O)c1ccc(-c2ccccc2)cc1)NCCCN1CCNCC1. The van der Waals surface area contributed by atoms with Crippen molar-refractivity contribution in [3.63, 3.8) is 0 Å². The topological polar surface area (TPSA) is 61.4 Å². The zero-order valence-electron chi connectivity index (χ0n) is 16.3. The number of piperazine rings is 1. The highest BCUT2D eigenvalue weighted by Crippen LogP contribution is 2.19. The average molecular weight is 380 g/mol. The van der Waals surface area contributed by atoms with Crippen LogP contribution in [0, 0.1) is 0 Å². The molecule has 1 aliphatic rings. The number of benzene rings is 2. The molecule has 2 N–H and O–H groups in total. The molecule has 148 valence electrons. The van der Waals surface area contributed by atoms with Crippen molar-refractivity contribution in [2.24, 2.45) is 0 Å². The molecule has 1 amide bonds. The third kappa shape index (κ3) is 6.29. The first-order chi connectivity index (χ1) is 13.7. The fourth-order valence-electron chi connectivity index (χ4n) is 3.40. The van der Waals surface area contributed by atoms with Crippen molar-refractivity contribution in [1.82, 2.24) is 15.5 Å². The number of Topliss-reactive ketones (excluding diaryl/α,β-unsaturated/α-hetero) is 1. The van der Waals surface area contributed by atoms with Gasteiger partial charge in [0.2, 0.25) is 5.91 Å². The zero-order valence-corrected chi connectivity index (χ0v) is 16.3. The Bertz CT molecular complexity index is 753. The molecule has 1 aliphatic heterocycles. The van der Waals surface area contributed by atoms with Crippen LogP contribution in [-0.2, 0) is 4.79 Å². The number of amides is 1. The summed E-state index contributed by atoms with van der Waals surface area (Å²) in [6, 6.07) is 17.7. The van der Waals surface area contributed by atoms with Crippen LogP contribution in [0.25, 0.3) is 11.1 Å². The zero-order chi connectivity index (χ0) is 19.6. The van der Waals surface area contributed by atoms with Crippen LogP contribution in [0.1, 0.15) is 29.6 Å². The second-order valence-corrected chi connectivity index (χ2v) is 7.16. The Hall–Kier alpha value is -2.50. The summed E-state index contributed by atoms with van der Waals surface area (Å²) in [5.41, 5.74) is 2.87. The van der Waals surface area contributed by atoms with E-state index in [2.05, 4.69) is 15.5 Å².